The maximum atomic E-state index is 11.0. The van der Waals surface area contributed by atoms with Crippen molar-refractivity contribution in [2.75, 3.05) is 5.32 Å². The molecule has 1 N–H and O–H groups in total. The summed E-state index contributed by atoms with van der Waals surface area (Å²) in [5.74, 6) is 0.188. The second-order valence-electron chi connectivity index (χ2n) is 5.19. The Morgan fingerprint density at radius 1 is 1.45 bits per heavy atom. The minimum Gasteiger partial charge on any atom is -0.310 e. The van der Waals surface area contributed by atoms with Crippen LogP contribution in [-0.4, -0.2) is 14.9 Å². The zero-order valence-corrected chi connectivity index (χ0v) is 13.6. The highest BCUT2D eigenvalue weighted by Crippen LogP contribution is 2.31. The first-order valence-electron chi connectivity index (χ1n) is 5.80. The van der Waals surface area contributed by atoms with Gasteiger partial charge in [-0.05, 0) is 15.9 Å². The van der Waals surface area contributed by atoms with Gasteiger partial charge in [-0.3, -0.25) is 10.1 Å². The fourth-order valence-corrected chi connectivity index (χ4v) is 2.70. The van der Waals surface area contributed by atoms with Crippen molar-refractivity contribution in [3.63, 3.8) is 0 Å². The van der Waals surface area contributed by atoms with E-state index in [9.17, 15) is 10.1 Å². The number of rotatable bonds is 3. The number of nitrogens with zero attached hydrogens (tertiary/aromatic N) is 3. The molecule has 0 aliphatic heterocycles. The zero-order valence-electron chi connectivity index (χ0n) is 11.2. The Hall–Kier alpha value is -1.54. The summed E-state index contributed by atoms with van der Waals surface area (Å²) < 4.78 is 0.560. The van der Waals surface area contributed by atoms with Crippen LogP contribution in [0.2, 0.25) is 0 Å². The molecule has 0 amide bonds. The van der Waals surface area contributed by atoms with Gasteiger partial charge in [-0.25, -0.2) is 9.97 Å². The molecular weight excluding hydrogens is 344 g/mol. The monoisotopic (exact) mass is 356 g/mol. The van der Waals surface area contributed by atoms with Crippen LogP contribution in [0.1, 0.15) is 26.5 Å². The van der Waals surface area contributed by atoms with Gasteiger partial charge in [-0.1, -0.05) is 20.8 Å². The maximum absolute atomic E-state index is 11.0. The average Bonchev–Trinajstić information content (AvgIpc) is 2.79. The lowest BCUT2D eigenvalue weighted by Crippen LogP contribution is -2.11. The normalized spacial score (nSPS) is 11.4. The van der Waals surface area contributed by atoms with Gasteiger partial charge in [-0.2, -0.15) is 0 Å². The molecule has 0 atom stereocenters. The lowest BCUT2D eigenvalue weighted by Gasteiger charge is -2.14. The number of hydrogen-bond donors (Lipinski definition) is 1. The predicted octanol–water partition coefficient (Wildman–Crippen LogP) is 4.25. The number of thiazole rings is 1. The molecule has 0 aliphatic rings. The van der Waals surface area contributed by atoms with E-state index in [-0.39, 0.29) is 16.9 Å². The molecule has 0 unspecified atom stereocenters. The fraction of sp³-hybridized carbons (Fsp3) is 0.333. The lowest BCUT2D eigenvalue weighted by atomic mass is 9.93. The molecule has 0 saturated heterocycles. The molecule has 0 spiro atoms. The molecule has 2 heterocycles. The molecule has 0 bridgehead atoms. The van der Waals surface area contributed by atoms with Gasteiger partial charge in [0.15, 0.2) is 5.13 Å². The van der Waals surface area contributed by atoms with Crippen molar-refractivity contribution in [2.45, 2.75) is 26.2 Å². The molecule has 0 saturated carbocycles. The Labute approximate surface area is 128 Å². The summed E-state index contributed by atoms with van der Waals surface area (Å²) in [6.45, 7) is 6.19. The van der Waals surface area contributed by atoms with Gasteiger partial charge in [0.25, 0.3) is 0 Å². The van der Waals surface area contributed by atoms with Crippen LogP contribution < -0.4 is 5.32 Å². The van der Waals surface area contributed by atoms with Crippen LogP contribution in [-0.2, 0) is 5.41 Å². The van der Waals surface area contributed by atoms with Gasteiger partial charge in [-0.15, -0.1) is 11.3 Å². The van der Waals surface area contributed by atoms with Crippen molar-refractivity contribution < 1.29 is 4.92 Å². The van der Waals surface area contributed by atoms with Gasteiger partial charge in [0.1, 0.15) is 0 Å². The number of hydrogen-bond acceptors (Lipinski definition) is 6. The molecule has 20 heavy (non-hydrogen) atoms. The molecule has 0 radical (unpaired) electrons. The van der Waals surface area contributed by atoms with Crippen LogP contribution >= 0.6 is 27.3 Å². The molecule has 0 fully saturated rings. The summed E-state index contributed by atoms with van der Waals surface area (Å²) in [4.78, 5) is 19.0. The minimum atomic E-state index is -0.474. The summed E-state index contributed by atoms with van der Waals surface area (Å²) in [6, 6.07) is 1.41. The Balaban J connectivity index is 2.31. The minimum absolute atomic E-state index is 0.0600. The first-order valence-corrected chi connectivity index (χ1v) is 7.47. The van der Waals surface area contributed by atoms with E-state index in [2.05, 4.69) is 52.0 Å². The number of aromatic nitrogens is 2. The predicted molar refractivity (Wildman–Crippen MR) is 82.7 cm³/mol. The Bertz CT molecular complexity index is 651. The van der Waals surface area contributed by atoms with Gasteiger partial charge in [0.05, 0.1) is 10.6 Å². The summed E-state index contributed by atoms with van der Waals surface area (Å²) in [7, 11) is 0. The molecular formula is C12H13BrN4O2S. The Morgan fingerprint density at radius 2 is 2.15 bits per heavy atom. The van der Waals surface area contributed by atoms with E-state index in [1.807, 2.05) is 5.38 Å². The van der Waals surface area contributed by atoms with Gasteiger partial charge in [0.2, 0.25) is 5.82 Å². The smallest absolute Gasteiger partial charge is 0.310 e. The number of halogens is 1. The lowest BCUT2D eigenvalue weighted by molar-refractivity contribution is -0.384. The van der Waals surface area contributed by atoms with Crippen molar-refractivity contribution in [1.29, 1.82) is 0 Å². The molecule has 8 heteroatoms. The summed E-state index contributed by atoms with van der Waals surface area (Å²) in [5, 5.41) is 16.5. The molecule has 2 aromatic heterocycles. The number of nitrogens with one attached hydrogen (secondary N) is 1. The van der Waals surface area contributed by atoms with Crippen molar-refractivity contribution in [3.05, 3.63) is 37.9 Å². The van der Waals surface area contributed by atoms with Crippen molar-refractivity contribution in [3.8, 4) is 0 Å². The van der Waals surface area contributed by atoms with Crippen LogP contribution in [0, 0.1) is 10.1 Å². The van der Waals surface area contributed by atoms with E-state index in [0.29, 0.717) is 9.60 Å². The van der Waals surface area contributed by atoms with Gasteiger partial charge >= 0.3 is 5.69 Å². The SMILES string of the molecule is CC(C)(C)c1csc(Nc2ncc(Br)cc2[N+](=O)[O-])n1. The molecule has 106 valence electrons. The third-order valence-electron chi connectivity index (χ3n) is 2.53. The largest absolute Gasteiger partial charge is 0.312 e. The molecule has 0 aromatic carbocycles. The molecule has 2 aromatic rings. The van der Waals surface area contributed by atoms with Gasteiger partial charge in [0, 0.05) is 27.5 Å². The van der Waals surface area contributed by atoms with E-state index in [0.717, 1.165) is 5.69 Å². The Morgan fingerprint density at radius 3 is 2.70 bits per heavy atom. The zero-order chi connectivity index (χ0) is 14.9. The third-order valence-corrected chi connectivity index (χ3v) is 3.72. The summed E-state index contributed by atoms with van der Waals surface area (Å²) >= 11 is 4.57. The van der Waals surface area contributed by atoms with E-state index in [4.69, 9.17) is 0 Å². The topological polar surface area (TPSA) is 81.0 Å². The second kappa shape index (κ2) is 5.45. The van der Waals surface area contributed by atoms with Gasteiger partial charge < -0.3 is 5.32 Å². The molecule has 0 aliphatic carbocycles. The maximum Gasteiger partial charge on any atom is 0.312 e. The van der Waals surface area contributed by atoms with Crippen molar-refractivity contribution in [2.24, 2.45) is 0 Å². The molecule has 2 rings (SSSR count). The highest BCUT2D eigenvalue weighted by atomic mass is 79.9. The van der Waals surface area contributed by atoms with Crippen molar-refractivity contribution >= 4 is 43.9 Å². The van der Waals surface area contributed by atoms with E-state index in [1.54, 1.807) is 0 Å². The van der Waals surface area contributed by atoms with E-state index < -0.39 is 4.92 Å². The standard InChI is InChI=1S/C12H13BrN4O2S/c1-12(2,3)9-6-20-11(15-9)16-10-8(17(18)19)4-7(13)5-14-10/h4-6H,1-3H3,(H,14,15,16). The van der Waals surface area contributed by atoms with E-state index in [1.165, 1.54) is 23.6 Å². The van der Waals surface area contributed by atoms with Crippen LogP contribution in [0.3, 0.4) is 0 Å². The first-order chi connectivity index (χ1) is 9.27. The molecule has 6 nitrogen and oxygen atoms in total. The van der Waals surface area contributed by atoms with Crippen LogP contribution in [0.4, 0.5) is 16.6 Å². The third kappa shape index (κ3) is 3.31. The number of anilines is 2. The second-order valence-corrected chi connectivity index (χ2v) is 6.97. The fourth-order valence-electron chi connectivity index (χ4n) is 1.44. The van der Waals surface area contributed by atoms with Crippen LogP contribution in [0.15, 0.2) is 22.1 Å². The first kappa shape index (κ1) is 14.9. The van der Waals surface area contributed by atoms with Crippen LogP contribution in [0.5, 0.6) is 0 Å². The highest BCUT2D eigenvalue weighted by molar-refractivity contribution is 9.10. The highest BCUT2D eigenvalue weighted by Gasteiger charge is 2.20. The Kier molecular flexibility index (Phi) is 4.05. The number of nitro groups is 1. The quantitative estimate of drug-likeness (QED) is 0.656. The average molecular weight is 357 g/mol. The summed E-state index contributed by atoms with van der Waals surface area (Å²) in [6.07, 6.45) is 1.51. The number of pyridine rings is 1. The van der Waals surface area contributed by atoms with Crippen LogP contribution in [0.25, 0.3) is 0 Å². The summed E-state index contributed by atoms with van der Waals surface area (Å²) in [5.41, 5.74) is 0.784. The van der Waals surface area contributed by atoms with Crippen molar-refractivity contribution in [1.82, 2.24) is 9.97 Å². The van der Waals surface area contributed by atoms with E-state index >= 15 is 0 Å².